The predicted octanol–water partition coefficient (Wildman–Crippen LogP) is 4.12. The van der Waals surface area contributed by atoms with Crippen LogP contribution >= 0.6 is 11.8 Å². The van der Waals surface area contributed by atoms with Crippen molar-refractivity contribution in [2.75, 3.05) is 11.5 Å². The van der Waals surface area contributed by atoms with E-state index >= 15 is 0 Å². The van der Waals surface area contributed by atoms with E-state index < -0.39 is 10.8 Å². The lowest BCUT2D eigenvalue weighted by molar-refractivity contribution is 0.466. The molecule has 0 radical (unpaired) electrons. The van der Waals surface area contributed by atoms with Gasteiger partial charge in [0.05, 0.1) is 16.4 Å². The van der Waals surface area contributed by atoms with E-state index in [1.807, 2.05) is 60.8 Å². The van der Waals surface area contributed by atoms with Crippen LogP contribution in [-0.2, 0) is 10.8 Å². The Bertz CT molecular complexity index is 1010. The van der Waals surface area contributed by atoms with Gasteiger partial charge >= 0.3 is 0 Å². The van der Waals surface area contributed by atoms with Gasteiger partial charge in [0.2, 0.25) is 0 Å². The van der Waals surface area contributed by atoms with Crippen molar-refractivity contribution in [1.82, 2.24) is 15.2 Å². The van der Waals surface area contributed by atoms with E-state index in [1.54, 1.807) is 0 Å². The lowest BCUT2D eigenvalue weighted by Gasteiger charge is -2.00. The predicted molar refractivity (Wildman–Crippen MR) is 100 cm³/mol. The number of thioether (sulfide) groups is 1. The molecule has 0 aliphatic heterocycles. The summed E-state index contributed by atoms with van der Waals surface area (Å²) < 4.78 is 17.9. The third-order valence-corrected chi connectivity index (χ3v) is 6.18. The SMILES string of the molecule is O=S(CCSc1nnc(-c2c[nH]c3ccccc23)o1)c1ccccc1. The smallest absolute Gasteiger partial charge is 0.276 e. The van der Waals surface area contributed by atoms with E-state index in [4.69, 9.17) is 4.42 Å². The van der Waals surface area contributed by atoms with Gasteiger partial charge in [-0.25, -0.2) is 0 Å². The molecule has 4 rings (SSSR count). The van der Waals surface area contributed by atoms with Crippen molar-refractivity contribution >= 4 is 33.5 Å². The topological polar surface area (TPSA) is 71.8 Å². The van der Waals surface area contributed by atoms with Crippen molar-refractivity contribution in [2.24, 2.45) is 0 Å². The van der Waals surface area contributed by atoms with Crippen molar-refractivity contribution in [3.05, 3.63) is 60.8 Å². The van der Waals surface area contributed by atoms with Crippen molar-refractivity contribution < 1.29 is 8.63 Å². The molecule has 2 aromatic carbocycles. The Balaban J connectivity index is 1.41. The average Bonchev–Trinajstić information content (AvgIpc) is 3.29. The summed E-state index contributed by atoms with van der Waals surface area (Å²) in [6.45, 7) is 0. The molecule has 2 aromatic heterocycles. The van der Waals surface area contributed by atoms with Crippen LogP contribution in [0.3, 0.4) is 0 Å². The first kappa shape index (κ1) is 16.1. The monoisotopic (exact) mass is 369 g/mol. The second kappa shape index (κ2) is 7.25. The van der Waals surface area contributed by atoms with Crippen LogP contribution in [0.15, 0.2) is 75.3 Å². The number of aromatic amines is 1. The zero-order valence-electron chi connectivity index (χ0n) is 13.2. The fourth-order valence-electron chi connectivity index (χ4n) is 2.52. The number of benzene rings is 2. The largest absolute Gasteiger partial charge is 0.411 e. The first-order chi connectivity index (χ1) is 12.3. The van der Waals surface area contributed by atoms with Crippen molar-refractivity contribution in [1.29, 1.82) is 0 Å². The number of aromatic nitrogens is 3. The Kier molecular flexibility index (Phi) is 4.67. The highest BCUT2D eigenvalue weighted by atomic mass is 32.2. The molecule has 4 aromatic rings. The lowest BCUT2D eigenvalue weighted by atomic mass is 10.2. The Morgan fingerprint density at radius 2 is 1.84 bits per heavy atom. The van der Waals surface area contributed by atoms with E-state index in [0.717, 1.165) is 21.4 Å². The molecule has 0 saturated carbocycles. The second-order valence-electron chi connectivity index (χ2n) is 5.33. The van der Waals surface area contributed by atoms with Gasteiger partial charge in [-0.05, 0) is 18.2 Å². The van der Waals surface area contributed by atoms with Crippen LogP contribution in [0.1, 0.15) is 0 Å². The fourth-order valence-corrected chi connectivity index (χ4v) is 4.57. The minimum Gasteiger partial charge on any atom is -0.411 e. The van der Waals surface area contributed by atoms with Gasteiger partial charge in [-0.1, -0.05) is 48.2 Å². The first-order valence-electron chi connectivity index (χ1n) is 7.77. The molecular formula is C18H15N3O2S2. The quantitative estimate of drug-likeness (QED) is 0.518. The normalized spacial score (nSPS) is 12.5. The lowest BCUT2D eigenvalue weighted by Crippen LogP contribution is -2.00. The van der Waals surface area contributed by atoms with Crippen LogP contribution < -0.4 is 0 Å². The summed E-state index contributed by atoms with van der Waals surface area (Å²) in [7, 11) is -1.01. The molecule has 126 valence electrons. The van der Waals surface area contributed by atoms with Crippen molar-refractivity contribution in [2.45, 2.75) is 10.1 Å². The van der Waals surface area contributed by atoms with Gasteiger partial charge in [0.1, 0.15) is 0 Å². The summed E-state index contributed by atoms with van der Waals surface area (Å²) in [5.41, 5.74) is 1.92. The zero-order chi connectivity index (χ0) is 17.1. The molecule has 0 fully saturated rings. The number of nitrogens with one attached hydrogen (secondary N) is 1. The number of hydrogen-bond acceptors (Lipinski definition) is 5. The summed E-state index contributed by atoms with van der Waals surface area (Å²) in [4.78, 5) is 4.04. The number of nitrogens with zero attached hydrogens (tertiary/aromatic N) is 2. The molecule has 1 unspecified atom stereocenters. The molecule has 0 spiro atoms. The summed E-state index contributed by atoms with van der Waals surface area (Å²) in [6.07, 6.45) is 1.87. The summed E-state index contributed by atoms with van der Waals surface area (Å²) in [5.74, 6) is 1.68. The second-order valence-corrected chi connectivity index (χ2v) is 7.95. The van der Waals surface area contributed by atoms with Crippen LogP contribution in [-0.4, -0.2) is 30.9 Å². The molecule has 0 bridgehead atoms. The van der Waals surface area contributed by atoms with E-state index in [9.17, 15) is 4.21 Å². The maximum absolute atomic E-state index is 12.2. The van der Waals surface area contributed by atoms with E-state index in [0.29, 0.717) is 22.6 Å². The summed E-state index contributed by atoms with van der Waals surface area (Å²) >= 11 is 1.42. The van der Waals surface area contributed by atoms with Gasteiger partial charge in [0.25, 0.3) is 11.1 Å². The molecule has 1 N–H and O–H groups in total. The van der Waals surface area contributed by atoms with Crippen LogP contribution in [0.2, 0.25) is 0 Å². The van der Waals surface area contributed by atoms with Gasteiger partial charge in [-0.2, -0.15) is 0 Å². The maximum atomic E-state index is 12.2. The molecule has 0 aliphatic rings. The Morgan fingerprint density at radius 1 is 1.04 bits per heavy atom. The standard InChI is InChI=1S/C18H15N3O2S2/c22-25(13-6-2-1-3-7-13)11-10-24-18-21-20-17(23-18)15-12-19-16-9-5-4-8-14(15)16/h1-9,12,19H,10-11H2. The third-order valence-electron chi connectivity index (χ3n) is 3.73. The maximum Gasteiger partial charge on any atom is 0.276 e. The number of para-hydroxylation sites is 1. The van der Waals surface area contributed by atoms with Gasteiger partial charge in [-0.3, -0.25) is 4.21 Å². The molecule has 0 aliphatic carbocycles. The van der Waals surface area contributed by atoms with E-state index in [2.05, 4.69) is 15.2 Å². The Hall–Kier alpha value is -2.38. The van der Waals surface area contributed by atoms with E-state index in [1.165, 1.54) is 11.8 Å². The van der Waals surface area contributed by atoms with Gasteiger partial charge in [0.15, 0.2) is 0 Å². The molecule has 1 atom stereocenters. The van der Waals surface area contributed by atoms with Crippen molar-refractivity contribution in [3.63, 3.8) is 0 Å². The molecule has 2 heterocycles. The minimum absolute atomic E-state index is 0.490. The van der Waals surface area contributed by atoms with Crippen LogP contribution in [0.5, 0.6) is 0 Å². The van der Waals surface area contributed by atoms with Crippen molar-refractivity contribution in [3.8, 4) is 11.5 Å². The molecule has 0 amide bonds. The van der Waals surface area contributed by atoms with Crippen LogP contribution in [0.4, 0.5) is 0 Å². The number of hydrogen-bond donors (Lipinski definition) is 1. The average molecular weight is 369 g/mol. The molecular weight excluding hydrogens is 354 g/mol. The van der Waals surface area contributed by atoms with Crippen LogP contribution in [0.25, 0.3) is 22.4 Å². The highest BCUT2D eigenvalue weighted by molar-refractivity contribution is 8.00. The fraction of sp³-hybridized carbons (Fsp3) is 0.111. The van der Waals surface area contributed by atoms with Gasteiger partial charge in [0, 0.05) is 33.5 Å². The third kappa shape index (κ3) is 3.52. The first-order valence-corrected chi connectivity index (χ1v) is 10.1. The minimum atomic E-state index is -1.01. The zero-order valence-corrected chi connectivity index (χ0v) is 14.8. The van der Waals surface area contributed by atoms with E-state index in [-0.39, 0.29) is 0 Å². The summed E-state index contributed by atoms with van der Waals surface area (Å²) in [6, 6.07) is 17.4. The highest BCUT2D eigenvalue weighted by Crippen LogP contribution is 2.29. The van der Waals surface area contributed by atoms with Gasteiger partial charge < -0.3 is 9.40 Å². The summed E-state index contributed by atoms with van der Waals surface area (Å²) in [5, 5.41) is 9.75. The van der Waals surface area contributed by atoms with Crippen LogP contribution in [0, 0.1) is 0 Å². The molecule has 5 nitrogen and oxygen atoms in total. The Labute approximate surface area is 151 Å². The molecule has 0 saturated heterocycles. The van der Waals surface area contributed by atoms with Gasteiger partial charge in [-0.15, -0.1) is 10.2 Å². The molecule has 7 heteroatoms. The number of rotatable bonds is 6. The Morgan fingerprint density at radius 3 is 2.72 bits per heavy atom. The molecule has 25 heavy (non-hydrogen) atoms. The number of H-pyrrole nitrogens is 1. The highest BCUT2D eigenvalue weighted by Gasteiger charge is 2.13. The number of fused-ring (bicyclic) bond motifs is 1.